The molecule has 0 aliphatic rings. The van der Waals surface area contributed by atoms with Crippen LogP contribution in [0.25, 0.3) is 0 Å². The summed E-state index contributed by atoms with van der Waals surface area (Å²) in [6, 6.07) is 7.90. The summed E-state index contributed by atoms with van der Waals surface area (Å²) in [5.41, 5.74) is 2.01. The summed E-state index contributed by atoms with van der Waals surface area (Å²) in [5.74, 6) is 0.784. The molecule has 94 valence electrons. The average Bonchev–Trinajstić information content (AvgIpc) is 2.42. The summed E-state index contributed by atoms with van der Waals surface area (Å²) in [6.07, 6.45) is 5.34. The summed E-state index contributed by atoms with van der Waals surface area (Å²) in [4.78, 5) is 8.58. The second kappa shape index (κ2) is 6.12. The largest absolute Gasteiger partial charge is 0.492 e. The van der Waals surface area contributed by atoms with E-state index < -0.39 is 0 Å². The Morgan fingerprint density at radius 1 is 1.33 bits per heavy atom. The predicted molar refractivity (Wildman–Crippen MR) is 70.5 cm³/mol. The molecule has 4 heteroatoms. The van der Waals surface area contributed by atoms with Crippen molar-refractivity contribution in [1.82, 2.24) is 15.3 Å². The summed E-state index contributed by atoms with van der Waals surface area (Å²) < 4.78 is 5.47. The number of hydrogen-bond donors (Lipinski definition) is 1. The molecule has 0 saturated carbocycles. The number of hydrogen-bond acceptors (Lipinski definition) is 4. The second-order valence-corrected chi connectivity index (χ2v) is 3.86. The van der Waals surface area contributed by atoms with Gasteiger partial charge in [-0.15, -0.1) is 0 Å². The van der Waals surface area contributed by atoms with Crippen LogP contribution in [0.4, 0.5) is 0 Å². The number of pyridine rings is 2. The quantitative estimate of drug-likeness (QED) is 0.874. The van der Waals surface area contributed by atoms with Gasteiger partial charge >= 0.3 is 0 Å². The van der Waals surface area contributed by atoms with Crippen molar-refractivity contribution in [3.05, 3.63) is 54.1 Å². The molecule has 2 aromatic rings. The van der Waals surface area contributed by atoms with E-state index in [4.69, 9.17) is 4.74 Å². The summed E-state index contributed by atoms with van der Waals surface area (Å²) in [5, 5.41) is 3.25. The van der Waals surface area contributed by atoms with E-state index in [0.717, 1.165) is 17.0 Å². The smallest absolute Gasteiger partial charge is 0.137 e. The molecule has 0 spiro atoms. The molecular weight excluding hydrogens is 226 g/mol. The van der Waals surface area contributed by atoms with Crippen molar-refractivity contribution in [2.24, 2.45) is 0 Å². The summed E-state index contributed by atoms with van der Waals surface area (Å²) >= 11 is 0. The van der Waals surface area contributed by atoms with Gasteiger partial charge in [0.25, 0.3) is 0 Å². The van der Waals surface area contributed by atoms with Gasteiger partial charge in [0.2, 0.25) is 0 Å². The Kier molecular flexibility index (Phi) is 4.25. The molecule has 0 bridgehead atoms. The van der Waals surface area contributed by atoms with E-state index in [9.17, 15) is 0 Å². The number of ether oxygens (including phenoxy) is 1. The van der Waals surface area contributed by atoms with Crippen molar-refractivity contribution in [3.63, 3.8) is 0 Å². The van der Waals surface area contributed by atoms with Gasteiger partial charge in [-0.2, -0.15) is 0 Å². The maximum Gasteiger partial charge on any atom is 0.137 e. The number of nitrogens with zero attached hydrogens (tertiary/aromatic N) is 2. The fourth-order valence-electron chi connectivity index (χ4n) is 1.87. The molecule has 4 nitrogen and oxygen atoms in total. The van der Waals surface area contributed by atoms with Gasteiger partial charge < -0.3 is 10.1 Å². The van der Waals surface area contributed by atoms with Crippen LogP contribution in [0.3, 0.4) is 0 Å². The molecule has 2 rings (SSSR count). The lowest BCUT2D eigenvalue weighted by molar-refractivity contribution is 0.338. The van der Waals surface area contributed by atoms with Crippen LogP contribution in [0.1, 0.15) is 24.2 Å². The lowest BCUT2D eigenvalue weighted by Gasteiger charge is -2.16. The van der Waals surface area contributed by atoms with E-state index in [0.29, 0.717) is 6.61 Å². The molecule has 0 aromatic carbocycles. The zero-order chi connectivity index (χ0) is 12.8. The van der Waals surface area contributed by atoms with Crippen LogP contribution in [-0.2, 0) is 0 Å². The van der Waals surface area contributed by atoms with Crippen LogP contribution in [0.5, 0.6) is 5.75 Å². The standard InChI is InChI=1S/C14H17N3O/c1-3-18-12-8-11(9-16-10-12)14(15-2)13-6-4-5-7-17-13/h4-10,14-15H,3H2,1-2H3. The topological polar surface area (TPSA) is 47.0 Å². The Morgan fingerprint density at radius 3 is 2.89 bits per heavy atom. The van der Waals surface area contributed by atoms with Crippen LogP contribution >= 0.6 is 0 Å². The molecule has 2 heterocycles. The van der Waals surface area contributed by atoms with Gasteiger partial charge in [-0.05, 0) is 37.7 Å². The van der Waals surface area contributed by atoms with Crippen LogP contribution in [0.15, 0.2) is 42.9 Å². The molecule has 1 N–H and O–H groups in total. The molecule has 0 saturated heterocycles. The molecule has 0 radical (unpaired) electrons. The first-order chi connectivity index (χ1) is 8.85. The van der Waals surface area contributed by atoms with Crippen molar-refractivity contribution < 1.29 is 4.74 Å². The fourth-order valence-corrected chi connectivity index (χ4v) is 1.87. The Bertz CT molecular complexity index is 487. The van der Waals surface area contributed by atoms with Crippen molar-refractivity contribution in [1.29, 1.82) is 0 Å². The normalized spacial score (nSPS) is 12.1. The van der Waals surface area contributed by atoms with Crippen molar-refractivity contribution >= 4 is 0 Å². The maximum absolute atomic E-state index is 5.47. The van der Waals surface area contributed by atoms with Gasteiger partial charge in [0.05, 0.1) is 24.5 Å². The molecule has 0 amide bonds. The van der Waals surface area contributed by atoms with Gasteiger partial charge in [0, 0.05) is 12.4 Å². The minimum Gasteiger partial charge on any atom is -0.492 e. The predicted octanol–water partition coefficient (Wildman–Crippen LogP) is 2.18. The first-order valence-electron chi connectivity index (χ1n) is 6.01. The SMILES string of the molecule is CCOc1cncc(C(NC)c2ccccn2)c1. The maximum atomic E-state index is 5.47. The minimum absolute atomic E-state index is 0.0270. The minimum atomic E-state index is 0.0270. The van der Waals surface area contributed by atoms with Crippen LogP contribution in [0.2, 0.25) is 0 Å². The van der Waals surface area contributed by atoms with E-state index in [1.165, 1.54) is 0 Å². The molecule has 18 heavy (non-hydrogen) atoms. The monoisotopic (exact) mass is 243 g/mol. The van der Waals surface area contributed by atoms with Crippen molar-refractivity contribution in [2.45, 2.75) is 13.0 Å². The first-order valence-corrected chi connectivity index (χ1v) is 6.01. The highest BCUT2D eigenvalue weighted by Crippen LogP contribution is 2.22. The third-order valence-electron chi connectivity index (χ3n) is 2.65. The van der Waals surface area contributed by atoms with Crippen molar-refractivity contribution in [3.8, 4) is 5.75 Å². The highest BCUT2D eigenvalue weighted by molar-refractivity contribution is 5.31. The Morgan fingerprint density at radius 2 is 2.22 bits per heavy atom. The third-order valence-corrected chi connectivity index (χ3v) is 2.65. The Balaban J connectivity index is 2.30. The molecule has 0 aliphatic heterocycles. The Hall–Kier alpha value is -1.94. The van der Waals surface area contributed by atoms with E-state index in [1.807, 2.05) is 44.4 Å². The first kappa shape index (κ1) is 12.5. The van der Waals surface area contributed by atoms with Crippen LogP contribution in [-0.4, -0.2) is 23.6 Å². The van der Waals surface area contributed by atoms with Gasteiger partial charge in [-0.1, -0.05) is 6.07 Å². The average molecular weight is 243 g/mol. The Labute approximate surface area is 107 Å². The van der Waals surface area contributed by atoms with Crippen LogP contribution < -0.4 is 10.1 Å². The van der Waals surface area contributed by atoms with Gasteiger partial charge in [0.1, 0.15) is 5.75 Å². The van der Waals surface area contributed by atoms with E-state index in [-0.39, 0.29) is 6.04 Å². The zero-order valence-corrected chi connectivity index (χ0v) is 10.6. The van der Waals surface area contributed by atoms with Gasteiger partial charge in [0.15, 0.2) is 0 Å². The van der Waals surface area contributed by atoms with Crippen LogP contribution in [0, 0.1) is 0 Å². The fraction of sp³-hybridized carbons (Fsp3) is 0.286. The van der Waals surface area contributed by atoms with E-state index in [2.05, 4.69) is 15.3 Å². The molecule has 1 unspecified atom stereocenters. The van der Waals surface area contributed by atoms with Gasteiger partial charge in [-0.3, -0.25) is 9.97 Å². The lowest BCUT2D eigenvalue weighted by atomic mass is 10.1. The molecule has 1 atom stereocenters. The second-order valence-electron chi connectivity index (χ2n) is 3.86. The third kappa shape index (κ3) is 2.84. The molecule has 0 aliphatic carbocycles. The zero-order valence-electron chi connectivity index (χ0n) is 10.6. The number of nitrogens with one attached hydrogen (secondary N) is 1. The highest BCUT2D eigenvalue weighted by atomic mass is 16.5. The summed E-state index contributed by atoms with van der Waals surface area (Å²) in [7, 11) is 1.91. The molecular formula is C14H17N3O. The van der Waals surface area contributed by atoms with E-state index in [1.54, 1.807) is 12.4 Å². The highest BCUT2D eigenvalue weighted by Gasteiger charge is 2.13. The molecule has 0 fully saturated rings. The molecule has 2 aromatic heterocycles. The van der Waals surface area contributed by atoms with E-state index >= 15 is 0 Å². The van der Waals surface area contributed by atoms with Gasteiger partial charge in [-0.25, -0.2) is 0 Å². The summed E-state index contributed by atoms with van der Waals surface area (Å²) in [6.45, 7) is 2.60. The number of aromatic nitrogens is 2. The lowest BCUT2D eigenvalue weighted by Crippen LogP contribution is -2.19. The number of rotatable bonds is 5. The van der Waals surface area contributed by atoms with Crippen molar-refractivity contribution in [2.75, 3.05) is 13.7 Å².